The molecule has 3 aromatic rings. The molecule has 0 fully saturated rings. The Morgan fingerprint density at radius 2 is 1.80 bits per heavy atom. The van der Waals surface area contributed by atoms with Gasteiger partial charge < -0.3 is 9.15 Å². The average molecular weight is 354 g/mol. The number of rotatable bonds is 2. The summed E-state index contributed by atoms with van der Waals surface area (Å²) in [5, 5.41) is 3.42. The summed E-state index contributed by atoms with van der Waals surface area (Å²) in [4.78, 5) is 8.64. The first-order valence-electron chi connectivity index (χ1n) is 7.53. The molecule has 0 aliphatic heterocycles. The summed E-state index contributed by atoms with van der Waals surface area (Å²) >= 11 is 0. The van der Waals surface area contributed by atoms with Crippen LogP contribution in [-0.4, -0.2) is 19.7 Å². The Bertz CT molecular complexity index is 935. The molecule has 0 radical (unpaired) electrons. The lowest BCUT2D eigenvalue weighted by molar-refractivity contribution is -0.141. The van der Waals surface area contributed by atoms with Crippen LogP contribution in [0.1, 0.15) is 38.0 Å². The first-order valence-corrected chi connectivity index (χ1v) is 7.53. The van der Waals surface area contributed by atoms with Crippen LogP contribution in [0.2, 0.25) is 0 Å². The quantitative estimate of drug-likeness (QED) is 0.683. The summed E-state index contributed by atoms with van der Waals surface area (Å²) in [5.74, 6) is 0.471. The molecular weight excluding hydrogens is 337 g/mol. The summed E-state index contributed by atoms with van der Waals surface area (Å²) in [5.41, 5.74) is 0.0397. The van der Waals surface area contributed by atoms with Crippen molar-refractivity contribution in [3.63, 3.8) is 0 Å². The second-order valence-electron chi connectivity index (χ2n) is 6.78. The van der Waals surface area contributed by atoms with Crippen molar-refractivity contribution in [2.75, 3.05) is 0 Å². The molecule has 9 heteroatoms. The topological polar surface area (TPSA) is 66.0 Å². The highest BCUT2D eigenvalue weighted by Crippen LogP contribution is 2.35. The SMILES string of the molecule is Cc1cc2oc(C(C)(C)C)nc2c(Oc2cc(C(F)(F)F)nn2C)n1. The fourth-order valence-corrected chi connectivity index (χ4v) is 2.19. The monoisotopic (exact) mass is 354 g/mol. The standard InChI is InChI=1S/C16H17F3N4O2/c1-8-6-9-12(21-14(24-9)15(2,3)4)13(20-8)25-11-7-10(16(17,18)19)22-23(11)5/h6-7H,1-5H3. The zero-order valence-corrected chi connectivity index (χ0v) is 14.4. The van der Waals surface area contributed by atoms with Gasteiger partial charge in [0.15, 0.2) is 16.8 Å². The van der Waals surface area contributed by atoms with Gasteiger partial charge in [0.2, 0.25) is 11.8 Å². The van der Waals surface area contributed by atoms with E-state index in [-0.39, 0.29) is 17.2 Å². The molecule has 6 nitrogen and oxygen atoms in total. The lowest BCUT2D eigenvalue weighted by Crippen LogP contribution is -2.11. The Hall–Kier alpha value is -2.58. The number of alkyl halides is 3. The maximum absolute atomic E-state index is 12.8. The van der Waals surface area contributed by atoms with Crippen LogP contribution in [0.15, 0.2) is 16.5 Å². The van der Waals surface area contributed by atoms with E-state index in [0.29, 0.717) is 22.7 Å². The number of ether oxygens (including phenoxy) is 1. The van der Waals surface area contributed by atoms with Crippen LogP contribution >= 0.6 is 0 Å². The van der Waals surface area contributed by atoms with Crippen LogP contribution in [0.5, 0.6) is 11.8 Å². The highest BCUT2D eigenvalue weighted by Gasteiger charge is 2.35. The van der Waals surface area contributed by atoms with Gasteiger partial charge in [-0.1, -0.05) is 20.8 Å². The summed E-state index contributed by atoms with van der Waals surface area (Å²) in [6, 6.07) is 2.52. The second kappa shape index (κ2) is 5.47. The van der Waals surface area contributed by atoms with Gasteiger partial charge in [0.25, 0.3) is 5.88 Å². The predicted octanol–water partition coefficient (Wildman–Crippen LogP) is 4.37. The maximum atomic E-state index is 12.8. The second-order valence-corrected chi connectivity index (χ2v) is 6.78. The molecule has 0 aliphatic rings. The van der Waals surface area contributed by atoms with Crippen molar-refractivity contribution in [3.05, 3.63) is 29.4 Å². The summed E-state index contributed by atoms with van der Waals surface area (Å²) < 4.78 is 50.7. The summed E-state index contributed by atoms with van der Waals surface area (Å²) in [6.07, 6.45) is -4.55. The highest BCUT2D eigenvalue weighted by molar-refractivity contribution is 5.78. The molecule has 0 bridgehead atoms. The molecule has 3 rings (SSSR count). The molecule has 0 aromatic carbocycles. The lowest BCUT2D eigenvalue weighted by Gasteiger charge is -2.11. The molecule has 0 amide bonds. The van der Waals surface area contributed by atoms with Crippen molar-refractivity contribution >= 4 is 11.1 Å². The van der Waals surface area contributed by atoms with Gasteiger partial charge in [-0.25, -0.2) is 14.6 Å². The van der Waals surface area contributed by atoms with Gasteiger partial charge in [0.1, 0.15) is 0 Å². The smallest absolute Gasteiger partial charge is 0.435 e. The van der Waals surface area contributed by atoms with E-state index in [1.54, 1.807) is 13.0 Å². The molecule has 3 heterocycles. The van der Waals surface area contributed by atoms with Crippen molar-refractivity contribution in [1.29, 1.82) is 0 Å². The molecule has 134 valence electrons. The molecule has 0 N–H and O–H groups in total. The van der Waals surface area contributed by atoms with Gasteiger partial charge in [0.05, 0.1) is 0 Å². The number of nitrogens with zero attached hydrogens (tertiary/aromatic N) is 4. The molecule has 0 atom stereocenters. The van der Waals surface area contributed by atoms with Crippen molar-refractivity contribution in [2.45, 2.75) is 39.3 Å². The number of hydrogen-bond donors (Lipinski definition) is 0. The molecule has 25 heavy (non-hydrogen) atoms. The van der Waals surface area contributed by atoms with E-state index in [2.05, 4.69) is 15.1 Å². The third-order valence-corrected chi connectivity index (χ3v) is 3.44. The average Bonchev–Trinajstić information content (AvgIpc) is 3.02. The number of halogens is 3. The number of aryl methyl sites for hydroxylation is 2. The van der Waals surface area contributed by atoms with Crippen LogP contribution in [-0.2, 0) is 18.6 Å². The predicted molar refractivity (Wildman–Crippen MR) is 83.5 cm³/mol. The molecule has 0 saturated heterocycles. The number of oxazole rings is 1. The van der Waals surface area contributed by atoms with Crippen LogP contribution in [0.4, 0.5) is 13.2 Å². The number of hydrogen-bond acceptors (Lipinski definition) is 5. The minimum atomic E-state index is -4.55. The number of pyridine rings is 1. The van der Waals surface area contributed by atoms with Crippen LogP contribution < -0.4 is 4.74 Å². The Morgan fingerprint density at radius 3 is 2.36 bits per heavy atom. The zero-order valence-electron chi connectivity index (χ0n) is 14.4. The minimum absolute atomic E-state index is 0.0750. The van der Waals surface area contributed by atoms with Crippen molar-refractivity contribution < 1.29 is 22.3 Å². The minimum Gasteiger partial charge on any atom is -0.440 e. The largest absolute Gasteiger partial charge is 0.440 e. The van der Waals surface area contributed by atoms with E-state index in [1.165, 1.54) is 7.05 Å². The first kappa shape index (κ1) is 17.2. The van der Waals surface area contributed by atoms with Gasteiger partial charge in [0, 0.05) is 30.3 Å². The van der Waals surface area contributed by atoms with E-state index in [1.807, 2.05) is 20.8 Å². The van der Waals surface area contributed by atoms with Crippen LogP contribution in [0.3, 0.4) is 0 Å². The fraction of sp³-hybridized carbons (Fsp3) is 0.438. The Kier molecular flexibility index (Phi) is 3.77. The highest BCUT2D eigenvalue weighted by atomic mass is 19.4. The molecule has 0 saturated carbocycles. The van der Waals surface area contributed by atoms with Gasteiger partial charge in [-0.3, -0.25) is 0 Å². The van der Waals surface area contributed by atoms with Gasteiger partial charge in [-0.15, -0.1) is 0 Å². The van der Waals surface area contributed by atoms with Gasteiger partial charge in [-0.05, 0) is 6.92 Å². The molecule has 0 aliphatic carbocycles. The zero-order chi connectivity index (χ0) is 18.6. The molecule has 0 unspecified atom stereocenters. The van der Waals surface area contributed by atoms with E-state index >= 15 is 0 Å². The summed E-state index contributed by atoms with van der Waals surface area (Å²) in [6.45, 7) is 7.55. The van der Waals surface area contributed by atoms with Gasteiger partial charge in [-0.2, -0.15) is 18.3 Å². The first-order chi connectivity index (χ1) is 11.4. The van der Waals surface area contributed by atoms with Crippen molar-refractivity contribution in [2.24, 2.45) is 7.05 Å². The van der Waals surface area contributed by atoms with Crippen molar-refractivity contribution in [3.8, 4) is 11.8 Å². The fourth-order valence-electron chi connectivity index (χ4n) is 2.19. The Labute approximate surface area is 141 Å². The Balaban J connectivity index is 2.07. The third-order valence-electron chi connectivity index (χ3n) is 3.44. The van der Waals surface area contributed by atoms with Crippen LogP contribution in [0, 0.1) is 6.92 Å². The van der Waals surface area contributed by atoms with Crippen molar-refractivity contribution in [1.82, 2.24) is 19.7 Å². The molecule has 3 aromatic heterocycles. The lowest BCUT2D eigenvalue weighted by atomic mass is 9.97. The Morgan fingerprint density at radius 1 is 1.12 bits per heavy atom. The third kappa shape index (κ3) is 3.31. The maximum Gasteiger partial charge on any atom is 0.435 e. The van der Waals surface area contributed by atoms with E-state index in [0.717, 1.165) is 10.7 Å². The normalized spacial score (nSPS) is 12.8. The molecule has 0 spiro atoms. The van der Waals surface area contributed by atoms with E-state index < -0.39 is 11.9 Å². The van der Waals surface area contributed by atoms with Gasteiger partial charge >= 0.3 is 6.18 Å². The molecular formula is C16H17F3N4O2. The van der Waals surface area contributed by atoms with Crippen LogP contribution in [0.25, 0.3) is 11.1 Å². The summed E-state index contributed by atoms with van der Waals surface area (Å²) in [7, 11) is 1.36. The van der Waals surface area contributed by atoms with E-state index in [9.17, 15) is 13.2 Å². The number of fused-ring (bicyclic) bond motifs is 1. The van der Waals surface area contributed by atoms with E-state index in [4.69, 9.17) is 9.15 Å². The number of aromatic nitrogens is 4.